The van der Waals surface area contributed by atoms with Crippen molar-refractivity contribution >= 4 is 0 Å². The summed E-state index contributed by atoms with van der Waals surface area (Å²) >= 11 is 0. The van der Waals surface area contributed by atoms with E-state index in [0.29, 0.717) is 0 Å². The zero-order valence-electron chi connectivity index (χ0n) is 8.14. The summed E-state index contributed by atoms with van der Waals surface area (Å²) in [5, 5.41) is 0. The minimum absolute atomic E-state index is 0.917. The van der Waals surface area contributed by atoms with E-state index < -0.39 is 0 Å². The quantitative estimate of drug-likeness (QED) is 0.603. The Balaban J connectivity index is 2.24. The van der Waals surface area contributed by atoms with Crippen molar-refractivity contribution in [1.82, 2.24) is 4.90 Å². The highest BCUT2D eigenvalue weighted by Gasteiger charge is 2.31. The first-order valence-corrected chi connectivity index (χ1v) is 4.99. The molecule has 1 fully saturated rings. The van der Waals surface area contributed by atoms with E-state index in [9.17, 15) is 0 Å². The number of hydrogen-bond acceptors (Lipinski definition) is 1. The zero-order chi connectivity index (χ0) is 8.27. The van der Waals surface area contributed by atoms with Crippen molar-refractivity contribution in [3.8, 4) is 0 Å². The van der Waals surface area contributed by atoms with Gasteiger partial charge >= 0.3 is 0 Å². The number of rotatable bonds is 4. The van der Waals surface area contributed by atoms with E-state index in [1.165, 1.54) is 32.2 Å². The van der Waals surface area contributed by atoms with E-state index in [-0.39, 0.29) is 0 Å². The molecule has 0 heterocycles. The Kier molecular flexibility index (Phi) is 3.38. The predicted octanol–water partition coefficient (Wildman–Crippen LogP) is 2.52. The fourth-order valence-corrected chi connectivity index (χ4v) is 2.07. The fourth-order valence-electron chi connectivity index (χ4n) is 2.07. The number of nitrogens with zero attached hydrogens (tertiary/aromatic N) is 1. The van der Waals surface area contributed by atoms with Gasteiger partial charge in [0.1, 0.15) is 0 Å². The van der Waals surface area contributed by atoms with Crippen molar-refractivity contribution in [2.45, 2.75) is 45.6 Å². The van der Waals surface area contributed by atoms with Crippen molar-refractivity contribution < 1.29 is 0 Å². The molecule has 1 nitrogen and oxygen atoms in total. The van der Waals surface area contributed by atoms with Gasteiger partial charge in [-0.3, -0.25) is 0 Å². The maximum atomic E-state index is 2.50. The molecule has 2 unspecified atom stereocenters. The van der Waals surface area contributed by atoms with Crippen molar-refractivity contribution in [1.29, 1.82) is 0 Å². The number of hydrogen-bond donors (Lipinski definition) is 0. The van der Waals surface area contributed by atoms with E-state index in [0.717, 1.165) is 12.0 Å². The highest BCUT2D eigenvalue weighted by atomic mass is 15.1. The zero-order valence-corrected chi connectivity index (χ0v) is 8.14. The minimum Gasteiger partial charge on any atom is -0.303 e. The molecule has 1 aliphatic carbocycles. The standard InChI is InChI=1S/C10H21N/c1-4-6-9-7-8-10(9)11(3)5-2/h9-10H,4-8H2,1-3H3. The summed E-state index contributed by atoms with van der Waals surface area (Å²) in [6, 6.07) is 0.917. The lowest BCUT2D eigenvalue weighted by Gasteiger charge is -2.42. The van der Waals surface area contributed by atoms with Crippen LogP contribution in [0.15, 0.2) is 0 Å². The van der Waals surface area contributed by atoms with Gasteiger partial charge in [-0.2, -0.15) is 0 Å². The Labute approximate surface area is 70.8 Å². The van der Waals surface area contributed by atoms with E-state index in [2.05, 4.69) is 25.8 Å². The van der Waals surface area contributed by atoms with Crippen LogP contribution in [0.25, 0.3) is 0 Å². The van der Waals surface area contributed by atoms with E-state index in [4.69, 9.17) is 0 Å². The van der Waals surface area contributed by atoms with Gasteiger partial charge in [0.2, 0.25) is 0 Å². The summed E-state index contributed by atoms with van der Waals surface area (Å²) in [7, 11) is 2.26. The van der Waals surface area contributed by atoms with Crippen LogP contribution < -0.4 is 0 Å². The smallest absolute Gasteiger partial charge is 0.0120 e. The normalized spacial score (nSPS) is 30.5. The fraction of sp³-hybridized carbons (Fsp3) is 1.00. The molecule has 1 aliphatic rings. The molecule has 2 atom stereocenters. The monoisotopic (exact) mass is 155 g/mol. The van der Waals surface area contributed by atoms with E-state index in [1.54, 1.807) is 0 Å². The molecule has 0 aromatic heterocycles. The van der Waals surface area contributed by atoms with Crippen LogP contribution in [0.1, 0.15) is 39.5 Å². The molecule has 0 saturated heterocycles. The summed E-state index contributed by atoms with van der Waals surface area (Å²) in [6.07, 6.45) is 5.71. The van der Waals surface area contributed by atoms with Crippen molar-refractivity contribution in [3.05, 3.63) is 0 Å². The van der Waals surface area contributed by atoms with Crippen molar-refractivity contribution in [2.75, 3.05) is 13.6 Å². The largest absolute Gasteiger partial charge is 0.303 e. The highest BCUT2D eigenvalue weighted by Crippen LogP contribution is 2.34. The molecule has 1 saturated carbocycles. The lowest BCUT2D eigenvalue weighted by atomic mass is 9.76. The van der Waals surface area contributed by atoms with Crippen LogP contribution >= 0.6 is 0 Å². The molecule has 0 bridgehead atoms. The molecule has 0 spiro atoms. The van der Waals surface area contributed by atoms with Crippen molar-refractivity contribution in [3.63, 3.8) is 0 Å². The second kappa shape index (κ2) is 4.10. The predicted molar refractivity (Wildman–Crippen MR) is 49.7 cm³/mol. The van der Waals surface area contributed by atoms with Crippen LogP contribution in [0.4, 0.5) is 0 Å². The molecule has 0 N–H and O–H groups in total. The van der Waals surface area contributed by atoms with Crippen LogP contribution in [0.2, 0.25) is 0 Å². The van der Waals surface area contributed by atoms with Crippen LogP contribution in [-0.4, -0.2) is 24.5 Å². The third kappa shape index (κ3) is 1.96. The lowest BCUT2D eigenvalue weighted by molar-refractivity contribution is 0.0825. The Hall–Kier alpha value is -0.0400. The van der Waals surface area contributed by atoms with Gasteiger partial charge in [-0.05, 0) is 38.8 Å². The topological polar surface area (TPSA) is 3.24 Å². The van der Waals surface area contributed by atoms with E-state index >= 15 is 0 Å². The molecule has 0 aliphatic heterocycles. The average Bonchev–Trinajstić information content (AvgIpc) is 1.98. The molecule has 0 aromatic carbocycles. The van der Waals surface area contributed by atoms with Gasteiger partial charge < -0.3 is 4.90 Å². The Morgan fingerprint density at radius 3 is 2.36 bits per heavy atom. The summed E-state index contributed by atoms with van der Waals surface area (Å²) in [5.74, 6) is 1.02. The third-order valence-electron chi connectivity index (χ3n) is 3.10. The second-order valence-electron chi connectivity index (χ2n) is 3.77. The van der Waals surface area contributed by atoms with Gasteiger partial charge in [0.15, 0.2) is 0 Å². The minimum atomic E-state index is 0.917. The lowest BCUT2D eigenvalue weighted by Crippen LogP contribution is -2.44. The highest BCUT2D eigenvalue weighted by molar-refractivity contribution is 4.86. The molecule has 0 amide bonds. The molecule has 0 radical (unpaired) electrons. The Morgan fingerprint density at radius 2 is 2.00 bits per heavy atom. The maximum Gasteiger partial charge on any atom is 0.0120 e. The third-order valence-corrected chi connectivity index (χ3v) is 3.10. The molecule has 66 valence electrons. The van der Waals surface area contributed by atoms with Crippen LogP contribution in [0.5, 0.6) is 0 Å². The molecule has 0 aromatic rings. The summed E-state index contributed by atoms with van der Waals surface area (Å²) in [4.78, 5) is 2.50. The van der Waals surface area contributed by atoms with Gasteiger partial charge in [0.05, 0.1) is 0 Å². The first-order chi connectivity index (χ1) is 5.29. The summed E-state index contributed by atoms with van der Waals surface area (Å²) < 4.78 is 0. The van der Waals surface area contributed by atoms with Gasteiger partial charge in [0.25, 0.3) is 0 Å². The first kappa shape index (κ1) is 9.05. The van der Waals surface area contributed by atoms with Gasteiger partial charge in [-0.1, -0.05) is 20.3 Å². The molecule has 1 heteroatoms. The van der Waals surface area contributed by atoms with Crippen LogP contribution in [0.3, 0.4) is 0 Å². The summed E-state index contributed by atoms with van der Waals surface area (Å²) in [5.41, 5.74) is 0. The molecule has 1 rings (SSSR count). The molecule has 11 heavy (non-hydrogen) atoms. The second-order valence-corrected chi connectivity index (χ2v) is 3.77. The SMILES string of the molecule is CCCC1CCC1N(C)CC. The maximum absolute atomic E-state index is 2.50. The van der Waals surface area contributed by atoms with Gasteiger partial charge in [-0.25, -0.2) is 0 Å². The Bertz CT molecular complexity index is 111. The van der Waals surface area contributed by atoms with E-state index in [1.807, 2.05) is 0 Å². The molecular formula is C10H21N. The summed E-state index contributed by atoms with van der Waals surface area (Å²) in [6.45, 7) is 5.76. The average molecular weight is 155 g/mol. The van der Waals surface area contributed by atoms with Crippen LogP contribution in [-0.2, 0) is 0 Å². The first-order valence-electron chi connectivity index (χ1n) is 4.99. The van der Waals surface area contributed by atoms with Gasteiger partial charge in [-0.15, -0.1) is 0 Å². The van der Waals surface area contributed by atoms with Gasteiger partial charge in [0, 0.05) is 6.04 Å². The van der Waals surface area contributed by atoms with Crippen LogP contribution in [0, 0.1) is 5.92 Å². The van der Waals surface area contributed by atoms with Crippen molar-refractivity contribution in [2.24, 2.45) is 5.92 Å². The Morgan fingerprint density at radius 1 is 1.27 bits per heavy atom. The molecular weight excluding hydrogens is 134 g/mol.